The molecule has 0 fully saturated rings. The summed E-state index contributed by atoms with van der Waals surface area (Å²) in [6.45, 7) is 1.99. The molecule has 0 radical (unpaired) electrons. The monoisotopic (exact) mass is 438 g/mol. The highest BCUT2D eigenvalue weighted by atomic mass is 79.9. The Morgan fingerprint density at radius 3 is 2.48 bits per heavy atom. The third-order valence-electron chi connectivity index (χ3n) is 4.51. The van der Waals surface area contributed by atoms with Crippen molar-refractivity contribution < 1.29 is 28.6 Å². The van der Waals surface area contributed by atoms with Crippen LogP contribution in [0.4, 0.5) is 11.4 Å². The van der Waals surface area contributed by atoms with Crippen molar-refractivity contribution in [2.45, 2.75) is 13.3 Å². The summed E-state index contributed by atoms with van der Waals surface area (Å²) in [6.07, 6.45) is 0.692. The van der Waals surface area contributed by atoms with Crippen LogP contribution in [0.5, 0.6) is 0 Å². The lowest BCUT2D eigenvalue weighted by Gasteiger charge is -2.33. The second-order valence-electron chi connectivity index (χ2n) is 6.07. The van der Waals surface area contributed by atoms with Crippen molar-refractivity contribution >= 4 is 45.2 Å². The number of fused-ring (bicyclic) bond motifs is 1. The molecule has 2 heterocycles. The van der Waals surface area contributed by atoms with E-state index in [-0.39, 0.29) is 30.5 Å². The maximum atomic E-state index is 12.5. The van der Waals surface area contributed by atoms with Crippen LogP contribution in [0.2, 0.25) is 0 Å². The lowest BCUT2D eigenvalue weighted by Crippen LogP contribution is -2.39. The van der Waals surface area contributed by atoms with Crippen molar-refractivity contribution in [3.63, 3.8) is 0 Å². The van der Waals surface area contributed by atoms with Gasteiger partial charge >= 0.3 is 11.9 Å². The molecule has 0 saturated heterocycles. The van der Waals surface area contributed by atoms with Crippen molar-refractivity contribution in [3.05, 3.63) is 33.4 Å². The first kappa shape index (κ1) is 19.4. The summed E-state index contributed by atoms with van der Waals surface area (Å²) >= 11 is 3.48. The fraction of sp³-hybridized carbons (Fsp3) is 0.389. The summed E-state index contributed by atoms with van der Waals surface area (Å²) in [7, 11) is 2.47. The number of anilines is 2. The first-order valence-corrected chi connectivity index (χ1v) is 9.04. The molecule has 1 amide bonds. The Labute approximate surface area is 164 Å². The number of ether oxygens (including phenoxy) is 3. The Morgan fingerprint density at radius 1 is 1.15 bits per heavy atom. The lowest BCUT2D eigenvalue weighted by atomic mass is 10.1. The first-order valence-electron chi connectivity index (χ1n) is 8.24. The molecule has 1 aromatic carbocycles. The summed E-state index contributed by atoms with van der Waals surface area (Å²) in [5, 5.41) is 0. The molecule has 0 bridgehead atoms. The molecule has 2 aliphatic rings. The summed E-state index contributed by atoms with van der Waals surface area (Å²) in [5.41, 5.74) is 2.35. The quantitative estimate of drug-likeness (QED) is 0.664. The fourth-order valence-electron chi connectivity index (χ4n) is 3.34. The fourth-order valence-corrected chi connectivity index (χ4v) is 3.83. The third-order valence-corrected chi connectivity index (χ3v) is 4.97. The van der Waals surface area contributed by atoms with Gasteiger partial charge in [-0.3, -0.25) is 4.79 Å². The van der Waals surface area contributed by atoms with Gasteiger partial charge in [-0.2, -0.15) is 0 Å². The molecule has 0 aliphatic carbocycles. The normalized spacial score (nSPS) is 16.3. The predicted molar refractivity (Wildman–Crippen MR) is 100 cm³/mol. The van der Waals surface area contributed by atoms with Crippen molar-refractivity contribution in [2.24, 2.45) is 0 Å². The second kappa shape index (κ2) is 7.69. The van der Waals surface area contributed by atoms with Gasteiger partial charge in [0, 0.05) is 17.9 Å². The number of carbonyl (C=O) groups is 3. The predicted octanol–water partition coefficient (Wildman–Crippen LogP) is 1.75. The molecular formula is C18H19BrN2O6. The molecule has 0 saturated carbocycles. The van der Waals surface area contributed by atoms with Crippen molar-refractivity contribution in [2.75, 3.05) is 43.9 Å². The van der Waals surface area contributed by atoms with Crippen LogP contribution in [0.15, 0.2) is 27.9 Å². The third kappa shape index (κ3) is 3.44. The van der Waals surface area contributed by atoms with Gasteiger partial charge < -0.3 is 24.0 Å². The molecule has 144 valence electrons. The van der Waals surface area contributed by atoms with Crippen LogP contribution in [0, 0.1) is 0 Å². The van der Waals surface area contributed by atoms with E-state index in [2.05, 4.69) is 15.9 Å². The van der Waals surface area contributed by atoms with Gasteiger partial charge in [-0.1, -0.05) is 15.9 Å². The Balaban J connectivity index is 2.22. The van der Waals surface area contributed by atoms with Crippen LogP contribution >= 0.6 is 15.9 Å². The number of hydrogen-bond acceptors (Lipinski definition) is 7. The lowest BCUT2D eigenvalue weighted by molar-refractivity contribution is -0.140. The number of rotatable bonds is 3. The maximum Gasteiger partial charge on any atom is 0.355 e. The molecule has 0 aromatic heterocycles. The van der Waals surface area contributed by atoms with Gasteiger partial charge in [0.15, 0.2) is 0 Å². The Hall–Kier alpha value is -2.39. The van der Waals surface area contributed by atoms with Gasteiger partial charge in [0.1, 0.15) is 12.4 Å². The number of carbonyl (C=O) groups excluding carboxylic acids is 3. The Kier molecular flexibility index (Phi) is 5.52. The van der Waals surface area contributed by atoms with Gasteiger partial charge in [-0.05, 0) is 24.1 Å². The number of methoxy groups -OCH3 is 2. The molecular weight excluding hydrogens is 420 g/mol. The van der Waals surface area contributed by atoms with Crippen molar-refractivity contribution in [3.8, 4) is 0 Å². The minimum Gasteiger partial charge on any atom is -0.466 e. The zero-order valence-corrected chi connectivity index (χ0v) is 16.8. The van der Waals surface area contributed by atoms with E-state index < -0.39 is 11.9 Å². The molecule has 27 heavy (non-hydrogen) atoms. The SMILES string of the molecule is COC(=O)C1=C(C(=O)OC)N(c2cc(Br)cc3c2N(C(C)=O)CC3)COC1. The molecule has 8 nitrogen and oxygen atoms in total. The van der Waals surface area contributed by atoms with E-state index in [1.54, 1.807) is 15.9 Å². The van der Waals surface area contributed by atoms with Gasteiger partial charge in [0.05, 0.1) is 37.8 Å². The molecule has 0 spiro atoms. The van der Waals surface area contributed by atoms with Crippen molar-refractivity contribution in [1.29, 1.82) is 0 Å². The molecule has 2 aliphatic heterocycles. The summed E-state index contributed by atoms with van der Waals surface area (Å²) in [4.78, 5) is 40.0. The minimum absolute atomic E-state index is 0.0273. The van der Waals surface area contributed by atoms with Crippen LogP contribution in [0.1, 0.15) is 12.5 Å². The molecule has 0 atom stereocenters. The van der Waals surface area contributed by atoms with Gasteiger partial charge in [-0.25, -0.2) is 9.59 Å². The maximum absolute atomic E-state index is 12.5. The van der Waals surface area contributed by atoms with Gasteiger partial charge in [-0.15, -0.1) is 0 Å². The number of benzene rings is 1. The number of esters is 2. The highest BCUT2D eigenvalue weighted by Gasteiger charge is 2.36. The smallest absolute Gasteiger partial charge is 0.355 e. The van der Waals surface area contributed by atoms with E-state index in [0.29, 0.717) is 24.3 Å². The highest BCUT2D eigenvalue weighted by Crippen LogP contribution is 2.42. The topological polar surface area (TPSA) is 85.4 Å². The molecule has 0 unspecified atom stereocenters. The van der Waals surface area contributed by atoms with Gasteiger partial charge in [0.2, 0.25) is 5.91 Å². The zero-order chi connectivity index (χ0) is 19.7. The number of nitrogens with zero attached hydrogens (tertiary/aromatic N) is 2. The van der Waals surface area contributed by atoms with E-state index in [9.17, 15) is 14.4 Å². The highest BCUT2D eigenvalue weighted by molar-refractivity contribution is 9.10. The van der Waals surface area contributed by atoms with E-state index >= 15 is 0 Å². The summed E-state index contributed by atoms with van der Waals surface area (Å²) in [6, 6.07) is 3.72. The largest absolute Gasteiger partial charge is 0.466 e. The van der Waals surface area contributed by atoms with E-state index in [4.69, 9.17) is 14.2 Å². The van der Waals surface area contributed by atoms with Crippen LogP contribution < -0.4 is 9.80 Å². The molecule has 3 rings (SSSR count). The van der Waals surface area contributed by atoms with Crippen LogP contribution in [-0.2, 0) is 35.0 Å². The van der Waals surface area contributed by atoms with E-state index in [1.165, 1.54) is 21.1 Å². The van der Waals surface area contributed by atoms with Crippen LogP contribution in [0.25, 0.3) is 0 Å². The average Bonchev–Trinajstić information content (AvgIpc) is 3.09. The Bertz CT molecular complexity index is 850. The van der Waals surface area contributed by atoms with Gasteiger partial charge in [0.25, 0.3) is 0 Å². The zero-order valence-electron chi connectivity index (χ0n) is 15.2. The average molecular weight is 439 g/mol. The summed E-state index contributed by atoms with van der Waals surface area (Å²) in [5.74, 6) is -1.46. The second-order valence-corrected chi connectivity index (χ2v) is 6.98. The molecule has 1 aromatic rings. The number of amides is 1. The minimum atomic E-state index is -0.681. The van der Waals surface area contributed by atoms with E-state index in [1.807, 2.05) is 6.07 Å². The van der Waals surface area contributed by atoms with E-state index in [0.717, 1.165) is 10.0 Å². The number of hydrogen-bond donors (Lipinski definition) is 0. The number of halogens is 1. The van der Waals surface area contributed by atoms with Crippen LogP contribution in [-0.4, -0.2) is 51.9 Å². The Morgan fingerprint density at radius 2 is 1.85 bits per heavy atom. The standard InChI is InChI=1S/C18H19BrN2O6/c1-10(22)20-5-4-11-6-12(19)7-14(15(11)20)21-9-27-8-13(17(23)25-2)16(21)18(24)26-3/h6-7H,4-5,8-9H2,1-3H3. The summed E-state index contributed by atoms with van der Waals surface area (Å²) < 4.78 is 16.0. The first-order chi connectivity index (χ1) is 12.9. The molecule has 9 heteroatoms. The van der Waals surface area contributed by atoms with Crippen molar-refractivity contribution in [1.82, 2.24) is 0 Å². The molecule has 0 N–H and O–H groups in total. The van der Waals surface area contributed by atoms with Crippen LogP contribution in [0.3, 0.4) is 0 Å².